The average Bonchev–Trinajstić information content (AvgIpc) is 3.28. The van der Waals surface area contributed by atoms with Crippen LogP contribution in [0.5, 0.6) is 0 Å². The highest BCUT2D eigenvalue weighted by Crippen LogP contribution is 2.04. The van der Waals surface area contributed by atoms with Gasteiger partial charge in [0.1, 0.15) is 18.1 Å². The third kappa shape index (κ3) is 10.9. The lowest BCUT2D eigenvalue weighted by atomic mass is 10.1. The lowest BCUT2D eigenvalue weighted by Gasteiger charge is -2.24. The lowest BCUT2D eigenvalue weighted by Crippen LogP contribution is -2.58. The second-order valence-corrected chi connectivity index (χ2v) is 8.52. The molecule has 0 aliphatic heterocycles. The van der Waals surface area contributed by atoms with E-state index in [9.17, 15) is 33.9 Å². The van der Waals surface area contributed by atoms with Crippen LogP contribution in [0, 0.1) is 0 Å². The number of amides is 5. The molecule has 16 heteroatoms. The summed E-state index contributed by atoms with van der Waals surface area (Å²) in [5, 5.41) is 16.0. The number of carbonyl (C=O) groups excluding carboxylic acids is 5. The summed E-state index contributed by atoms with van der Waals surface area (Å²) in [6, 6.07) is -5.41. The van der Waals surface area contributed by atoms with Gasteiger partial charge in [-0.3, -0.25) is 24.0 Å². The number of thioether (sulfide) groups is 1. The van der Waals surface area contributed by atoms with Gasteiger partial charge < -0.3 is 43.2 Å². The third-order valence-corrected chi connectivity index (χ3v) is 5.28. The molecular formula is C19H30N8O7S. The molecule has 0 bridgehead atoms. The summed E-state index contributed by atoms with van der Waals surface area (Å²) in [5.41, 5.74) is 16.5. The van der Waals surface area contributed by atoms with E-state index in [4.69, 9.17) is 17.2 Å². The maximum absolute atomic E-state index is 13.0. The average molecular weight is 515 g/mol. The fourth-order valence-electron chi connectivity index (χ4n) is 2.84. The predicted molar refractivity (Wildman–Crippen MR) is 124 cm³/mol. The van der Waals surface area contributed by atoms with E-state index in [1.807, 2.05) is 11.6 Å². The van der Waals surface area contributed by atoms with E-state index < -0.39 is 72.5 Å². The molecule has 1 aromatic rings. The SMILES string of the molecule is CSCCC(N)C(=O)NC(Cc1cnc[nH]1)C(=O)NC(CC(N)=O)C(=O)NC(CC(N)=O)C(=O)O. The number of imidazole rings is 1. The number of carboxylic acid groups (broad SMARTS) is 1. The van der Waals surface area contributed by atoms with E-state index in [0.717, 1.165) is 0 Å². The zero-order chi connectivity index (χ0) is 26.5. The molecule has 5 amide bonds. The van der Waals surface area contributed by atoms with Crippen LogP contribution in [0.25, 0.3) is 0 Å². The molecule has 0 saturated heterocycles. The molecule has 1 heterocycles. The Morgan fingerprint density at radius 2 is 1.51 bits per heavy atom. The second-order valence-electron chi connectivity index (χ2n) is 7.53. The summed E-state index contributed by atoms with van der Waals surface area (Å²) in [6.45, 7) is 0. The molecule has 0 spiro atoms. The minimum absolute atomic E-state index is 0.0584. The van der Waals surface area contributed by atoms with Crippen LogP contribution in [0.1, 0.15) is 25.0 Å². The lowest BCUT2D eigenvalue weighted by molar-refractivity contribution is -0.144. The number of nitrogens with two attached hydrogens (primary N) is 3. The molecule has 0 fully saturated rings. The van der Waals surface area contributed by atoms with Crippen molar-refractivity contribution in [2.45, 2.75) is 49.9 Å². The van der Waals surface area contributed by atoms with Crippen molar-refractivity contribution in [2.75, 3.05) is 12.0 Å². The highest BCUT2D eigenvalue weighted by Gasteiger charge is 2.32. The number of carboxylic acids is 1. The van der Waals surface area contributed by atoms with Gasteiger partial charge in [-0.05, 0) is 18.4 Å². The number of hydrogen-bond donors (Lipinski definition) is 8. The van der Waals surface area contributed by atoms with Gasteiger partial charge in [-0.1, -0.05) is 0 Å². The fourth-order valence-corrected chi connectivity index (χ4v) is 3.33. The van der Waals surface area contributed by atoms with Crippen LogP contribution in [0.3, 0.4) is 0 Å². The first-order chi connectivity index (χ1) is 16.4. The van der Waals surface area contributed by atoms with E-state index in [1.54, 1.807) is 0 Å². The highest BCUT2D eigenvalue weighted by atomic mass is 32.2. The quantitative estimate of drug-likeness (QED) is 0.107. The number of H-pyrrole nitrogens is 1. The summed E-state index contributed by atoms with van der Waals surface area (Å²) in [4.78, 5) is 78.6. The van der Waals surface area contributed by atoms with Gasteiger partial charge in [-0.15, -0.1) is 0 Å². The van der Waals surface area contributed by atoms with E-state index in [2.05, 4.69) is 20.6 Å². The van der Waals surface area contributed by atoms with Crippen molar-refractivity contribution in [3.05, 3.63) is 18.2 Å². The molecule has 11 N–H and O–H groups in total. The Hall–Kier alpha value is -3.66. The number of aromatic amines is 1. The molecule has 15 nitrogen and oxygen atoms in total. The molecule has 0 aromatic carbocycles. The molecule has 0 saturated carbocycles. The van der Waals surface area contributed by atoms with Gasteiger partial charge in [0.05, 0.1) is 25.2 Å². The summed E-state index contributed by atoms with van der Waals surface area (Å²) in [5.74, 6) is -5.47. The Bertz CT molecular complexity index is 911. The maximum Gasteiger partial charge on any atom is 0.326 e. The minimum atomic E-state index is -1.69. The predicted octanol–water partition coefficient (Wildman–Crippen LogP) is -3.68. The Morgan fingerprint density at radius 1 is 0.971 bits per heavy atom. The van der Waals surface area contributed by atoms with Gasteiger partial charge in [-0.2, -0.15) is 11.8 Å². The smallest absolute Gasteiger partial charge is 0.326 e. The number of nitrogens with one attached hydrogen (secondary N) is 4. The summed E-state index contributed by atoms with van der Waals surface area (Å²) < 4.78 is 0. The van der Waals surface area contributed by atoms with Gasteiger partial charge >= 0.3 is 5.97 Å². The number of rotatable bonds is 16. The van der Waals surface area contributed by atoms with Crippen LogP contribution < -0.4 is 33.2 Å². The first kappa shape index (κ1) is 29.4. The number of aromatic nitrogens is 2. The monoisotopic (exact) mass is 514 g/mol. The molecule has 1 rings (SSSR count). The van der Waals surface area contributed by atoms with Gasteiger partial charge in [0, 0.05) is 18.3 Å². The molecule has 0 aliphatic carbocycles. The molecule has 194 valence electrons. The normalized spacial score (nSPS) is 14.1. The van der Waals surface area contributed by atoms with E-state index in [0.29, 0.717) is 17.9 Å². The molecular weight excluding hydrogens is 484 g/mol. The topological polar surface area (TPSA) is 265 Å². The van der Waals surface area contributed by atoms with Gasteiger partial charge in [0.2, 0.25) is 29.5 Å². The highest BCUT2D eigenvalue weighted by molar-refractivity contribution is 7.98. The Kier molecular flexibility index (Phi) is 12.2. The van der Waals surface area contributed by atoms with Gasteiger partial charge in [0.25, 0.3) is 0 Å². The summed E-state index contributed by atoms with van der Waals surface area (Å²) in [6.07, 6.45) is 3.54. The van der Waals surface area contributed by atoms with E-state index in [-0.39, 0.29) is 6.42 Å². The van der Waals surface area contributed by atoms with Crippen LogP contribution in [0.15, 0.2) is 12.5 Å². The second kappa shape index (κ2) is 14.6. The van der Waals surface area contributed by atoms with Crippen molar-refractivity contribution < 1.29 is 33.9 Å². The van der Waals surface area contributed by atoms with Crippen molar-refractivity contribution in [1.29, 1.82) is 0 Å². The number of aliphatic carboxylic acids is 1. The first-order valence-electron chi connectivity index (χ1n) is 10.4. The summed E-state index contributed by atoms with van der Waals surface area (Å²) in [7, 11) is 0. The van der Waals surface area contributed by atoms with Crippen LogP contribution in [0.2, 0.25) is 0 Å². The van der Waals surface area contributed by atoms with Crippen LogP contribution in [-0.4, -0.2) is 86.8 Å². The molecule has 4 unspecified atom stereocenters. The standard InChI is InChI=1S/C19H30N8O7S/c1-35-3-2-10(20)16(30)25-11(4-9-7-23-8-24-9)17(31)26-12(5-14(21)28)18(32)27-13(19(33)34)6-15(22)29/h7-8,10-13H,2-6,20H2,1H3,(H2,21,28)(H2,22,29)(H,23,24)(H,25,30)(H,26,31)(H,27,32)(H,33,34). The zero-order valence-corrected chi connectivity index (χ0v) is 19.8. The largest absolute Gasteiger partial charge is 0.480 e. The number of nitrogens with zero attached hydrogens (tertiary/aromatic N) is 1. The van der Waals surface area contributed by atoms with Crippen molar-refractivity contribution >= 4 is 47.3 Å². The fraction of sp³-hybridized carbons (Fsp3) is 0.526. The summed E-state index contributed by atoms with van der Waals surface area (Å²) >= 11 is 1.49. The number of hydrogen-bond acceptors (Lipinski definition) is 9. The minimum Gasteiger partial charge on any atom is -0.480 e. The molecule has 1 aromatic heterocycles. The van der Waals surface area contributed by atoms with Crippen molar-refractivity contribution in [3.8, 4) is 0 Å². The van der Waals surface area contributed by atoms with Gasteiger partial charge in [0.15, 0.2) is 0 Å². The Morgan fingerprint density at radius 3 is 2.03 bits per heavy atom. The first-order valence-corrected chi connectivity index (χ1v) is 11.8. The molecule has 35 heavy (non-hydrogen) atoms. The Labute approximate surface area is 204 Å². The molecule has 0 radical (unpaired) electrons. The van der Waals surface area contributed by atoms with Crippen molar-refractivity contribution in [2.24, 2.45) is 17.2 Å². The molecule has 0 aliphatic rings. The maximum atomic E-state index is 13.0. The molecule has 4 atom stereocenters. The van der Waals surface area contributed by atoms with Gasteiger partial charge in [-0.25, -0.2) is 9.78 Å². The third-order valence-electron chi connectivity index (χ3n) is 4.64. The number of carbonyl (C=O) groups is 6. The van der Waals surface area contributed by atoms with Crippen LogP contribution in [-0.2, 0) is 35.2 Å². The van der Waals surface area contributed by atoms with Crippen molar-refractivity contribution in [3.63, 3.8) is 0 Å². The van der Waals surface area contributed by atoms with Crippen molar-refractivity contribution in [1.82, 2.24) is 25.9 Å². The Balaban J connectivity index is 3.04. The van der Waals surface area contributed by atoms with E-state index >= 15 is 0 Å². The van der Waals surface area contributed by atoms with Crippen LogP contribution in [0.4, 0.5) is 0 Å². The number of primary amides is 2. The van der Waals surface area contributed by atoms with Crippen LogP contribution >= 0.6 is 11.8 Å². The zero-order valence-electron chi connectivity index (χ0n) is 19.0. The van der Waals surface area contributed by atoms with E-state index in [1.165, 1.54) is 24.3 Å².